The van der Waals surface area contributed by atoms with Crippen molar-refractivity contribution < 1.29 is 38.9 Å². The summed E-state index contributed by atoms with van der Waals surface area (Å²) >= 11 is 0. The van der Waals surface area contributed by atoms with Crippen LogP contribution in [0, 0.1) is 5.92 Å². The van der Waals surface area contributed by atoms with Crippen molar-refractivity contribution in [3.8, 4) is 0 Å². The lowest BCUT2D eigenvalue weighted by atomic mass is 9.84. The van der Waals surface area contributed by atoms with E-state index in [9.17, 15) is 24.9 Å². The number of esters is 2. The van der Waals surface area contributed by atoms with Gasteiger partial charge in [-0.25, -0.2) is 9.59 Å². The summed E-state index contributed by atoms with van der Waals surface area (Å²) in [5.74, 6) is -2.33. The van der Waals surface area contributed by atoms with Crippen LogP contribution in [0.15, 0.2) is 23.3 Å². The van der Waals surface area contributed by atoms with Gasteiger partial charge < -0.3 is 24.8 Å². The predicted molar refractivity (Wildman–Crippen MR) is 94.0 cm³/mol. The molecular weight excluding hydrogens is 354 g/mol. The maximum absolute atomic E-state index is 12.7. The van der Waals surface area contributed by atoms with Crippen LogP contribution in [0.3, 0.4) is 0 Å². The van der Waals surface area contributed by atoms with E-state index in [1.54, 1.807) is 26.0 Å². The van der Waals surface area contributed by atoms with Crippen molar-refractivity contribution in [2.75, 3.05) is 33.4 Å². The van der Waals surface area contributed by atoms with E-state index >= 15 is 0 Å². The number of cyclic esters (lactones) is 1. The van der Waals surface area contributed by atoms with Gasteiger partial charge in [0.2, 0.25) is 0 Å². The second kappa shape index (κ2) is 6.70. The average Bonchev–Trinajstić information content (AvgIpc) is 3.04. The Hall–Kier alpha value is -1.74. The monoisotopic (exact) mass is 382 g/mol. The highest BCUT2D eigenvalue weighted by Crippen LogP contribution is 2.45. The molecule has 0 aromatic heterocycles. The van der Waals surface area contributed by atoms with E-state index in [4.69, 9.17) is 9.47 Å². The molecule has 3 aliphatic heterocycles. The van der Waals surface area contributed by atoms with E-state index in [1.807, 2.05) is 7.05 Å². The van der Waals surface area contributed by atoms with E-state index in [0.717, 1.165) is 0 Å². The summed E-state index contributed by atoms with van der Waals surface area (Å²) in [6.45, 7) is 3.30. The molecule has 0 spiro atoms. The number of nitrogens with zero attached hydrogens (tertiary/aromatic N) is 1. The summed E-state index contributed by atoms with van der Waals surface area (Å²) in [5, 5.41) is 31.8. The van der Waals surface area contributed by atoms with Crippen LogP contribution in [0.1, 0.15) is 26.7 Å². The number of likely N-dealkylation sites (N-methyl/N-ethyl adjacent to an activating group) is 1. The van der Waals surface area contributed by atoms with Crippen molar-refractivity contribution >= 4 is 11.9 Å². The van der Waals surface area contributed by atoms with Gasteiger partial charge in [0, 0.05) is 17.9 Å². The van der Waals surface area contributed by atoms with Gasteiger partial charge in [0.15, 0.2) is 11.7 Å². The summed E-state index contributed by atoms with van der Waals surface area (Å²) in [5.41, 5.74) is -2.90. The minimum Gasteiger partial charge on any atom is -0.459 e. The highest BCUT2D eigenvalue weighted by atomic mass is 16.6. The van der Waals surface area contributed by atoms with Gasteiger partial charge >= 0.3 is 11.9 Å². The molecule has 5 atom stereocenters. The standard InChI is InChI=1S/C19H28NO7/c1-4-13-9-12(2)18(24,11-21)17(23)26-10-14-5-7-20(3)8-6-15(19(14,20)25)27-16(13)22/h4-5,12,15,21,24-25H,6-11H2,1-3H3/q+1/b13-4+/t12-,15-,18-,19+,20?/m1/s1. The maximum Gasteiger partial charge on any atom is 0.341 e. The van der Waals surface area contributed by atoms with E-state index in [2.05, 4.69) is 0 Å². The highest BCUT2D eigenvalue weighted by molar-refractivity contribution is 5.89. The zero-order chi connectivity index (χ0) is 20.0. The average molecular weight is 382 g/mol. The van der Waals surface area contributed by atoms with Crippen LogP contribution in [0.25, 0.3) is 0 Å². The lowest BCUT2D eigenvalue weighted by Crippen LogP contribution is -2.61. The summed E-state index contributed by atoms with van der Waals surface area (Å²) in [4.78, 5) is 25.3. The highest BCUT2D eigenvalue weighted by Gasteiger charge is 2.65. The molecule has 0 saturated carbocycles. The van der Waals surface area contributed by atoms with Gasteiger partial charge in [-0.2, -0.15) is 0 Å². The number of rotatable bonds is 1. The summed E-state index contributed by atoms with van der Waals surface area (Å²) in [6.07, 6.45) is 3.13. The Morgan fingerprint density at radius 1 is 1.37 bits per heavy atom. The molecule has 27 heavy (non-hydrogen) atoms. The van der Waals surface area contributed by atoms with Crippen LogP contribution in [0.2, 0.25) is 0 Å². The molecular formula is C19H28NO7+. The molecule has 8 nitrogen and oxygen atoms in total. The maximum atomic E-state index is 12.7. The van der Waals surface area contributed by atoms with Gasteiger partial charge in [-0.1, -0.05) is 13.0 Å². The second-order valence-electron chi connectivity index (χ2n) is 8.02. The second-order valence-corrected chi connectivity index (χ2v) is 8.02. The number of carbonyl (C=O) groups excluding carboxylic acids is 2. The molecule has 8 heteroatoms. The molecule has 1 unspecified atom stereocenters. The van der Waals surface area contributed by atoms with Crippen LogP contribution in [-0.2, 0) is 19.1 Å². The van der Waals surface area contributed by atoms with Gasteiger partial charge in [0.1, 0.15) is 13.2 Å². The van der Waals surface area contributed by atoms with Crippen LogP contribution < -0.4 is 0 Å². The fraction of sp³-hybridized carbons (Fsp3) is 0.684. The third kappa shape index (κ3) is 2.82. The zero-order valence-corrected chi connectivity index (χ0v) is 16.0. The molecule has 0 amide bonds. The summed E-state index contributed by atoms with van der Waals surface area (Å²) in [7, 11) is 1.87. The number of hydrogen-bond donors (Lipinski definition) is 3. The number of aliphatic hydroxyl groups excluding tert-OH is 1. The lowest BCUT2D eigenvalue weighted by Gasteiger charge is -2.40. The smallest absolute Gasteiger partial charge is 0.341 e. The Kier molecular flexibility index (Phi) is 4.96. The van der Waals surface area contributed by atoms with E-state index in [-0.39, 0.29) is 23.1 Å². The van der Waals surface area contributed by atoms with Crippen LogP contribution >= 0.6 is 0 Å². The Morgan fingerprint density at radius 3 is 2.70 bits per heavy atom. The van der Waals surface area contributed by atoms with Crippen molar-refractivity contribution in [3.63, 3.8) is 0 Å². The van der Waals surface area contributed by atoms with E-state index in [1.165, 1.54) is 0 Å². The number of quaternary nitrogens is 1. The molecule has 3 aliphatic rings. The SMILES string of the molecule is C/C=C1\C[C@@H](C)[C@](O)(CO)C(=O)OCC2=CC[N+]3(C)CC[C@@H](OC1=O)[C@@]23O. The van der Waals surface area contributed by atoms with Gasteiger partial charge in [-0.3, -0.25) is 4.48 Å². The normalized spacial score (nSPS) is 44.1. The van der Waals surface area contributed by atoms with Crippen molar-refractivity contribution in [1.29, 1.82) is 0 Å². The van der Waals surface area contributed by atoms with Crippen LogP contribution in [-0.4, -0.2) is 82.5 Å². The Bertz CT molecular complexity index is 717. The van der Waals surface area contributed by atoms with E-state index in [0.29, 0.717) is 25.1 Å². The minimum absolute atomic E-state index is 0.0292. The predicted octanol–water partition coefficient (Wildman–Crippen LogP) is -0.370. The number of allylic oxidation sites excluding steroid dienone is 1. The Labute approximate surface area is 158 Å². The van der Waals surface area contributed by atoms with Gasteiger partial charge in [-0.15, -0.1) is 0 Å². The summed E-state index contributed by atoms with van der Waals surface area (Å²) in [6, 6.07) is 0. The van der Waals surface area contributed by atoms with Gasteiger partial charge in [-0.05, 0) is 19.4 Å². The molecule has 0 aromatic carbocycles. The first kappa shape index (κ1) is 20.0. The van der Waals surface area contributed by atoms with Gasteiger partial charge in [0.05, 0.1) is 25.8 Å². The van der Waals surface area contributed by atoms with E-state index < -0.39 is 41.9 Å². The van der Waals surface area contributed by atoms with Crippen molar-refractivity contribution in [2.24, 2.45) is 5.92 Å². The molecule has 150 valence electrons. The Balaban J connectivity index is 2.02. The van der Waals surface area contributed by atoms with Crippen LogP contribution in [0.5, 0.6) is 0 Å². The summed E-state index contributed by atoms with van der Waals surface area (Å²) < 4.78 is 11.2. The van der Waals surface area contributed by atoms with Crippen LogP contribution in [0.4, 0.5) is 0 Å². The third-order valence-electron chi connectivity index (χ3n) is 6.52. The van der Waals surface area contributed by atoms with Crippen molar-refractivity contribution in [2.45, 2.75) is 44.1 Å². The molecule has 3 rings (SSSR count). The number of hydrogen-bond acceptors (Lipinski definition) is 7. The molecule has 3 N–H and O–H groups in total. The topological polar surface area (TPSA) is 113 Å². The van der Waals surface area contributed by atoms with Crippen molar-refractivity contribution in [3.05, 3.63) is 23.3 Å². The number of ether oxygens (including phenoxy) is 2. The third-order valence-corrected chi connectivity index (χ3v) is 6.52. The zero-order valence-electron chi connectivity index (χ0n) is 16.0. The largest absolute Gasteiger partial charge is 0.459 e. The minimum atomic E-state index is -2.15. The molecule has 0 radical (unpaired) electrons. The lowest BCUT2D eigenvalue weighted by molar-refractivity contribution is -0.955. The molecule has 2 saturated heterocycles. The molecule has 2 fully saturated rings. The first-order chi connectivity index (χ1) is 12.6. The number of carbonyl (C=O) groups is 2. The molecule has 3 heterocycles. The first-order valence-corrected chi connectivity index (χ1v) is 9.25. The quantitative estimate of drug-likeness (QED) is 0.245. The van der Waals surface area contributed by atoms with Crippen molar-refractivity contribution in [1.82, 2.24) is 0 Å². The fourth-order valence-electron chi connectivity index (χ4n) is 4.39. The number of aliphatic hydroxyl groups is 3. The van der Waals surface area contributed by atoms with Gasteiger partial charge in [0.25, 0.3) is 5.72 Å². The fourth-order valence-corrected chi connectivity index (χ4v) is 4.39. The first-order valence-electron chi connectivity index (χ1n) is 9.25. The molecule has 0 bridgehead atoms. The molecule has 0 aromatic rings. The Morgan fingerprint density at radius 2 is 2.07 bits per heavy atom. The molecule has 0 aliphatic carbocycles.